The van der Waals surface area contributed by atoms with E-state index in [0.717, 1.165) is 44.2 Å². The molecule has 3 rings (SSSR count). The molecular formula is C22H22F5N2O2-. The highest BCUT2D eigenvalue weighted by atomic mass is 19.4. The van der Waals surface area contributed by atoms with Crippen LogP contribution in [0.4, 0.5) is 27.6 Å². The molecule has 1 aliphatic rings. The molecule has 0 aliphatic heterocycles. The Morgan fingerprint density at radius 1 is 1.03 bits per heavy atom. The fourth-order valence-electron chi connectivity index (χ4n) is 3.55. The highest BCUT2D eigenvalue weighted by molar-refractivity contribution is 5.88. The smallest absolute Gasteiger partial charge is 0.416 e. The SMILES string of the molecule is O=C(NC1CCCCC1)C([N-]c1cccc(C(F)(F)F)c1)c1ccc(OC(F)F)cc1. The molecule has 0 aromatic heterocycles. The number of carbonyl (C=O) groups excluding carboxylic acids is 1. The molecule has 168 valence electrons. The van der Waals surface area contributed by atoms with Crippen LogP contribution < -0.4 is 10.1 Å². The van der Waals surface area contributed by atoms with Gasteiger partial charge >= 0.3 is 12.8 Å². The quantitative estimate of drug-likeness (QED) is 0.499. The van der Waals surface area contributed by atoms with Crippen molar-refractivity contribution < 1.29 is 31.5 Å². The van der Waals surface area contributed by atoms with Crippen molar-refractivity contribution in [3.05, 3.63) is 65.0 Å². The van der Waals surface area contributed by atoms with Crippen LogP contribution in [0.1, 0.15) is 49.3 Å². The summed E-state index contributed by atoms with van der Waals surface area (Å²) in [6.45, 7) is -2.99. The van der Waals surface area contributed by atoms with Gasteiger partial charge in [-0.15, -0.1) is 5.69 Å². The Bertz CT molecular complexity index is 865. The maximum atomic E-state index is 13.0. The van der Waals surface area contributed by atoms with Crippen molar-refractivity contribution >= 4 is 11.6 Å². The summed E-state index contributed by atoms with van der Waals surface area (Å²) < 4.78 is 68.2. The third kappa shape index (κ3) is 6.57. The van der Waals surface area contributed by atoms with E-state index in [-0.39, 0.29) is 17.5 Å². The lowest BCUT2D eigenvalue weighted by Gasteiger charge is -2.35. The third-order valence-electron chi connectivity index (χ3n) is 5.07. The number of ether oxygens (including phenoxy) is 1. The van der Waals surface area contributed by atoms with Crippen LogP contribution in [0.15, 0.2) is 48.5 Å². The summed E-state index contributed by atoms with van der Waals surface area (Å²) in [6, 6.07) is 8.57. The summed E-state index contributed by atoms with van der Waals surface area (Å²) in [6.07, 6.45) is 0.169. The third-order valence-corrected chi connectivity index (χ3v) is 5.07. The average molecular weight is 441 g/mol. The van der Waals surface area contributed by atoms with E-state index in [4.69, 9.17) is 0 Å². The van der Waals surface area contributed by atoms with Crippen molar-refractivity contribution in [1.29, 1.82) is 0 Å². The van der Waals surface area contributed by atoms with Crippen LogP contribution in [0.3, 0.4) is 0 Å². The topological polar surface area (TPSA) is 52.4 Å². The fraction of sp³-hybridized carbons (Fsp3) is 0.409. The minimum atomic E-state index is -4.54. The normalized spacial score (nSPS) is 16.1. The maximum Gasteiger partial charge on any atom is 0.416 e. The van der Waals surface area contributed by atoms with Gasteiger partial charge in [0.15, 0.2) is 0 Å². The monoisotopic (exact) mass is 441 g/mol. The summed E-state index contributed by atoms with van der Waals surface area (Å²) in [5.74, 6) is -0.545. The number of benzene rings is 2. The summed E-state index contributed by atoms with van der Waals surface area (Å²) in [4.78, 5) is 13.0. The van der Waals surface area contributed by atoms with E-state index >= 15 is 0 Å². The molecule has 0 spiro atoms. The van der Waals surface area contributed by atoms with Crippen LogP contribution in [0.25, 0.3) is 5.32 Å². The Morgan fingerprint density at radius 3 is 2.32 bits per heavy atom. The second kappa shape index (κ2) is 9.98. The van der Waals surface area contributed by atoms with E-state index in [0.29, 0.717) is 5.56 Å². The molecule has 9 heteroatoms. The molecule has 0 saturated heterocycles. The van der Waals surface area contributed by atoms with E-state index in [9.17, 15) is 26.7 Å². The molecule has 1 saturated carbocycles. The first-order chi connectivity index (χ1) is 14.7. The van der Waals surface area contributed by atoms with Gasteiger partial charge < -0.3 is 15.4 Å². The van der Waals surface area contributed by atoms with E-state index in [1.807, 2.05) is 0 Å². The first-order valence-corrected chi connectivity index (χ1v) is 9.95. The van der Waals surface area contributed by atoms with E-state index in [2.05, 4.69) is 15.4 Å². The second-order valence-electron chi connectivity index (χ2n) is 7.37. The standard InChI is InChI=1S/C22H22F5N2O2/c23-21(24)31-18-11-9-14(10-12-18)19(20(30)29-16-6-2-1-3-7-16)28-17-8-4-5-15(13-17)22(25,26)27/h4-5,8-13,16,19,21H,1-3,6-7H2,(H,29,30)/q-1. The van der Waals surface area contributed by atoms with Crippen LogP contribution in [0, 0.1) is 0 Å². The molecule has 31 heavy (non-hydrogen) atoms. The lowest BCUT2D eigenvalue weighted by atomic mass is 9.95. The summed E-state index contributed by atoms with van der Waals surface area (Å²) in [5, 5.41) is 7.18. The van der Waals surface area contributed by atoms with E-state index < -0.39 is 30.3 Å². The fourth-order valence-corrected chi connectivity index (χ4v) is 3.55. The van der Waals surface area contributed by atoms with Crippen molar-refractivity contribution in [2.75, 3.05) is 0 Å². The molecule has 0 heterocycles. The molecule has 2 aromatic rings. The molecule has 2 aromatic carbocycles. The number of amides is 1. The van der Waals surface area contributed by atoms with Crippen LogP contribution in [-0.2, 0) is 11.0 Å². The molecule has 1 N–H and O–H groups in total. The number of hydrogen-bond acceptors (Lipinski definition) is 2. The summed E-state index contributed by atoms with van der Waals surface area (Å²) in [5.41, 5.74) is -0.528. The predicted octanol–water partition coefficient (Wildman–Crippen LogP) is 6.50. The first kappa shape index (κ1) is 22.8. The number of nitrogens with one attached hydrogen (secondary N) is 1. The number of carbonyl (C=O) groups is 1. The van der Waals surface area contributed by atoms with Crippen LogP contribution in [0.2, 0.25) is 0 Å². The van der Waals surface area contributed by atoms with Crippen molar-refractivity contribution in [2.45, 2.75) is 57.0 Å². The maximum absolute atomic E-state index is 13.0. The lowest BCUT2D eigenvalue weighted by molar-refractivity contribution is -0.137. The Kier molecular flexibility index (Phi) is 7.35. The molecule has 1 aliphatic carbocycles. The molecule has 1 fully saturated rings. The lowest BCUT2D eigenvalue weighted by Crippen LogP contribution is -2.38. The summed E-state index contributed by atoms with van der Waals surface area (Å²) >= 11 is 0. The van der Waals surface area contributed by atoms with Crippen LogP contribution in [-0.4, -0.2) is 18.6 Å². The largest absolute Gasteiger partial charge is 0.670 e. The van der Waals surface area contributed by atoms with Crippen molar-refractivity contribution in [3.8, 4) is 5.75 Å². The average Bonchev–Trinajstić information content (AvgIpc) is 2.72. The number of rotatable bonds is 7. The minimum Gasteiger partial charge on any atom is -0.670 e. The molecule has 1 atom stereocenters. The van der Waals surface area contributed by atoms with Crippen LogP contribution in [0.5, 0.6) is 5.75 Å². The Hall–Kier alpha value is -2.84. The van der Waals surface area contributed by atoms with Crippen molar-refractivity contribution in [3.63, 3.8) is 0 Å². The highest BCUT2D eigenvalue weighted by Crippen LogP contribution is 2.37. The van der Waals surface area contributed by atoms with Gasteiger partial charge in [-0.25, -0.2) is 0 Å². The van der Waals surface area contributed by atoms with Crippen LogP contribution >= 0.6 is 0 Å². The van der Waals surface area contributed by atoms with Gasteiger partial charge in [0, 0.05) is 6.04 Å². The van der Waals surface area contributed by atoms with Gasteiger partial charge in [-0.3, -0.25) is 4.79 Å². The van der Waals surface area contributed by atoms with Gasteiger partial charge in [0.2, 0.25) is 5.91 Å². The Labute approximate surface area is 176 Å². The Balaban J connectivity index is 1.84. The predicted molar refractivity (Wildman–Crippen MR) is 105 cm³/mol. The minimum absolute atomic E-state index is 0.00785. The number of hydrogen-bond donors (Lipinski definition) is 1. The zero-order valence-electron chi connectivity index (χ0n) is 16.5. The van der Waals surface area contributed by atoms with Gasteiger partial charge in [-0.2, -0.15) is 22.0 Å². The number of halogens is 5. The second-order valence-corrected chi connectivity index (χ2v) is 7.37. The summed E-state index contributed by atoms with van der Waals surface area (Å²) in [7, 11) is 0. The highest BCUT2D eigenvalue weighted by Gasteiger charge is 2.30. The van der Waals surface area contributed by atoms with Crippen molar-refractivity contribution in [1.82, 2.24) is 5.32 Å². The molecule has 0 bridgehead atoms. The van der Waals surface area contributed by atoms with E-state index in [1.54, 1.807) is 0 Å². The van der Waals surface area contributed by atoms with E-state index in [1.165, 1.54) is 36.4 Å². The molecular weight excluding hydrogens is 419 g/mol. The molecule has 0 radical (unpaired) electrons. The zero-order chi connectivity index (χ0) is 22.4. The zero-order valence-corrected chi connectivity index (χ0v) is 16.5. The number of nitrogens with zero attached hydrogens (tertiary/aromatic N) is 1. The van der Waals surface area contributed by atoms with Gasteiger partial charge in [-0.05, 0) is 31.0 Å². The van der Waals surface area contributed by atoms with Gasteiger partial charge in [0.05, 0.1) is 5.56 Å². The van der Waals surface area contributed by atoms with Crippen molar-refractivity contribution in [2.24, 2.45) is 0 Å². The molecule has 4 nitrogen and oxygen atoms in total. The van der Waals surface area contributed by atoms with Gasteiger partial charge in [0.1, 0.15) is 5.75 Å². The van der Waals surface area contributed by atoms with Gasteiger partial charge in [-0.1, -0.05) is 61.2 Å². The molecule has 1 unspecified atom stereocenters. The first-order valence-electron chi connectivity index (χ1n) is 9.95. The van der Waals surface area contributed by atoms with Gasteiger partial charge in [0.25, 0.3) is 0 Å². The Morgan fingerprint density at radius 2 is 1.71 bits per heavy atom. The molecule has 1 amide bonds. The number of alkyl halides is 5.